The lowest BCUT2D eigenvalue weighted by Gasteiger charge is -2.20. The molecule has 0 spiro atoms. The van der Waals surface area contributed by atoms with Crippen LogP contribution in [0.4, 0.5) is 0 Å². The Kier molecular flexibility index (Phi) is 2.47. The lowest BCUT2D eigenvalue weighted by atomic mass is 10.1. The highest BCUT2D eigenvalue weighted by Gasteiger charge is 2.34. The number of likely N-dealkylation sites (tertiary alicyclic amines) is 1. The van der Waals surface area contributed by atoms with Gasteiger partial charge in [0.1, 0.15) is 0 Å². The van der Waals surface area contributed by atoms with E-state index in [9.17, 15) is 9.59 Å². The fourth-order valence-electron chi connectivity index (χ4n) is 1.60. The maximum absolute atomic E-state index is 11.1. The smallest absolute Gasteiger partial charge is 0.220 e. The first-order valence-corrected chi connectivity index (χ1v) is 4.05. The third kappa shape index (κ3) is 1.64. The first-order valence-electron chi connectivity index (χ1n) is 4.05. The molecular formula is C8H14N2O2. The molecule has 68 valence electrons. The van der Waals surface area contributed by atoms with Crippen molar-refractivity contribution in [2.75, 3.05) is 6.54 Å². The Labute approximate surface area is 71.7 Å². The number of carbonyl (C=O) groups excluding carboxylic acids is 2. The second kappa shape index (κ2) is 3.23. The Morgan fingerprint density at radius 2 is 2.00 bits per heavy atom. The molecule has 4 heteroatoms. The Hall–Kier alpha value is -0.900. The molecule has 1 rings (SSSR count). The molecule has 1 saturated heterocycles. The van der Waals surface area contributed by atoms with Gasteiger partial charge >= 0.3 is 0 Å². The van der Waals surface area contributed by atoms with E-state index in [4.69, 9.17) is 5.73 Å². The SMILES string of the molecule is CC(=O)C1CC(N)CN1C(C)=O. The summed E-state index contributed by atoms with van der Waals surface area (Å²) in [6, 6.07) is -0.319. The molecule has 0 aromatic heterocycles. The molecule has 0 aromatic carbocycles. The number of nitrogens with two attached hydrogens (primary N) is 1. The zero-order chi connectivity index (χ0) is 9.30. The van der Waals surface area contributed by atoms with E-state index in [1.807, 2.05) is 0 Å². The van der Waals surface area contributed by atoms with Gasteiger partial charge in [-0.1, -0.05) is 0 Å². The summed E-state index contributed by atoms with van der Waals surface area (Å²) in [5, 5.41) is 0. The second-order valence-electron chi connectivity index (χ2n) is 3.29. The van der Waals surface area contributed by atoms with E-state index in [1.54, 1.807) is 4.90 Å². The highest BCUT2D eigenvalue weighted by Crippen LogP contribution is 2.16. The monoisotopic (exact) mass is 170 g/mol. The van der Waals surface area contributed by atoms with Crippen LogP contribution in [-0.2, 0) is 9.59 Å². The number of carbonyl (C=O) groups is 2. The van der Waals surface area contributed by atoms with Crippen LogP contribution in [0, 0.1) is 0 Å². The average molecular weight is 170 g/mol. The highest BCUT2D eigenvalue weighted by molar-refractivity contribution is 5.87. The summed E-state index contributed by atoms with van der Waals surface area (Å²) in [5.74, 6) is -0.0405. The van der Waals surface area contributed by atoms with Crippen LogP contribution in [0.2, 0.25) is 0 Å². The van der Waals surface area contributed by atoms with Crippen LogP contribution in [0.5, 0.6) is 0 Å². The minimum absolute atomic E-state index is 0.0261. The summed E-state index contributed by atoms with van der Waals surface area (Å²) >= 11 is 0. The summed E-state index contributed by atoms with van der Waals surface area (Å²) in [7, 11) is 0. The molecule has 12 heavy (non-hydrogen) atoms. The number of Topliss-reactive ketones (excluding diaryl/α,β-unsaturated/α-hetero) is 1. The maximum Gasteiger partial charge on any atom is 0.220 e. The summed E-state index contributed by atoms with van der Waals surface area (Å²) in [4.78, 5) is 23.6. The predicted octanol–water partition coefficient (Wildman–Crippen LogP) is -0.476. The molecule has 2 atom stereocenters. The molecule has 2 N–H and O–H groups in total. The van der Waals surface area contributed by atoms with Gasteiger partial charge in [-0.3, -0.25) is 9.59 Å². The van der Waals surface area contributed by atoms with Crippen LogP contribution >= 0.6 is 0 Å². The fraction of sp³-hybridized carbons (Fsp3) is 0.750. The summed E-state index contributed by atoms with van der Waals surface area (Å²) in [6.07, 6.45) is 0.606. The van der Waals surface area contributed by atoms with Crippen LogP contribution in [0.25, 0.3) is 0 Å². The molecule has 0 radical (unpaired) electrons. The molecule has 1 fully saturated rings. The Bertz CT molecular complexity index is 193. The van der Waals surface area contributed by atoms with E-state index >= 15 is 0 Å². The van der Waals surface area contributed by atoms with Crippen molar-refractivity contribution in [1.29, 1.82) is 0 Å². The molecule has 0 bridgehead atoms. The van der Waals surface area contributed by atoms with E-state index in [0.29, 0.717) is 13.0 Å². The number of hydrogen-bond acceptors (Lipinski definition) is 3. The summed E-state index contributed by atoms with van der Waals surface area (Å²) in [6.45, 7) is 3.48. The average Bonchev–Trinajstić information content (AvgIpc) is 2.31. The van der Waals surface area contributed by atoms with Crippen molar-refractivity contribution >= 4 is 11.7 Å². The quantitative estimate of drug-likeness (QED) is 0.578. The molecule has 1 heterocycles. The van der Waals surface area contributed by atoms with Gasteiger partial charge in [0.2, 0.25) is 5.91 Å². The van der Waals surface area contributed by atoms with Crippen molar-refractivity contribution in [2.45, 2.75) is 32.4 Å². The number of ketones is 1. The molecule has 1 aliphatic heterocycles. The fourth-order valence-corrected chi connectivity index (χ4v) is 1.60. The number of amides is 1. The summed E-state index contributed by atoms with van der Waals surface area (Å²) in [5.41, 5.74) is 5.64. The summed E-state index contributed by atoms with van der Waals surface area (Å²) < 4.78 is 0. The van der Waals surface area contributed by atoms with Crippen LogP contribution in [-0.4, -0.2) is 35.2 Å². The van der Waals surface area contributed by atoms with Gasteiger partial charge < -0.3 is 10.6 Å². The normalized spacial score (nSPS) is 29.1. The zero-order valence-electron chi connectivity index (χ0n) is 7.41. The number of rotatable bonds is 1. The van der Waals surface area contributed by atoms with Crippen LogP contribution < -0.4 is 5.73 Å². The first kappa shape index (κ1) is 9.19. The van der Waals surface area contributed by atoms with E-state index in [-0.39, 0.29) is 23.8 Å². The van der Waals surface area contributed by atoms with Crippen molar-refractivity contribution < 1.29 is 9.59 Å². The molecule has 1 aliphatic rings. The molecule has 0 aliphatic carbocycles. The van der Waals surface area contributed by atoms with Gasteiger partial charge in [-0.25, -0.2) is 0 Å². The Morgan fingerprint density at radius 1 is 1.42 bits per heavy atom. The third-order valence-electron chi connectivity index (χ3n) is 2.21. The van der Waals surface area contributed by atoms with Gasteiger partial charge in [-0.2, -0.15) is 0 Å². The molecule has 4 nitrogen and oxygen atoms in total. The van der Waals surface area contributed by atoms with Crippen LogP contribution in [0.15, 0.2) is 0 Å². The van der Waals surface area contributed by atoms with Crippen LogP contribution in [0.3, 0.4) is 0 Å². The van der Waals surface area contributed by atoms with Crippen LogP contribution in [0.1, 0.15) is 20.3 Å². The number of hydrogen-bond donors (Lipinski definition) is 1. The lowest BCUT2D eigenvalue weighted by molar-refractivity contribution is -0.135. The van der Waals surface area contributed by atoms with E-state index in [1.165, 1.54) is 13.8 Å². The maximum atomic E-state index is 11.1. The van der Waals surface area contributed by atoms with E-state index < -0.39 is 0 Å². The minimum atomic E-state index is -0.280. The molecule has 2 unspecified atom stereocenters. The van der Waals surface area contributed by atoms with Gasteiger partial charge in [-0.05, 0) is 13.3 Å². The van der Waals surface area contributed by atoms with E-state index in [0.717, 1.165) is 0 Å². The van der Waals surface area contributed by atoms with Crippen molar-refractivity contribution in [3.8, 4) is 0 Å². The van der Waals surface area contributed by atoms with Gasteiger partial charge in [0, 0.05) is 19.5 Å². The molecular weight excluding hydrogens is 156 g/mol. The largest absolute Gasteiger partial charge is 0.331 e. The van der Waals surface area contributed by atoms with Gasteiger partial charge in [0.25, 0.3) is 0 Å². The lowest BCUT2D eigenvalue weighted by Crippen LogP contribution is -2.38. The minimum Gasteiger partial charge on any atom is -0.331 e. The van der Waals surface area contributed by atoms with Crippen molar-refractivity contribution in [1.82, 2.24) is 4.90 Å². The third-order valence-corrected chi connectivity index (χ3v) is 2.21. The molecule has 1 amide bonds. The molecule has 0 aromatic rings. The predicted molar refractivity (Wildman–Crippen MR) is 44.4 cm³/mol. The number of nitrogens with zero attached hydrogens (tertiary/aromatic N) is 1. The van der Waals surface area contributed by atoms with Crippen molar-refractivity contribution in [2.24, 2.45) is 5.73 Å². The zero-order valence-corrected chi connectivity index (χ0v) is 7.41. The van der Waals surface area contributed by atoms with Gasteiger partial charge in [0.15, 0.2) is 5.78 Å². The van der Waals surface area contributed by atoms with Gasteiger partial charge in [0.05, 0.1) is 6.04 Å². The first-order chi connectivity index (χ1) is 5.52. The molecule has 0 saturated carbocycles. The van der Waals surface area contributed by atoms with Gasteiger partial charge in [-0.15, -0.1) is 0 Å². The Morgan fingerprint density at radius 3 is 2.33 bits per heavy atom. The Balaban J connectivity index is 2.72. The topological polar surface area (TPSA) is 63.4 Å². The second-order valence-corrected chi connectivity index (χ2v) is 3.29. The highest BCUT2D eigenvalue weighted by atomic mass is 16.2. The van der Waals surface area contributed by atoms with Crippen molar-refractivity contribution in [3.63, 3.8) is 0 Å². The standard InChI is InChI=1S/C8H14N2O2/c1-5(11)8-3-7(9)4-10(8)6(2)12/h7-8H,3-4,9H2,1-2H3. The van der Waals surface area contributed by atoms with E-state index in [2.05, 4.69) is 0 Å². The van der Waals surface area contributed by atoms with Crippen molar-refractivity contribution in [3.05, 3.63) is 0 Å².